The van der Waals surface area contributed by atoms with Crippen LogP contribution in [0.25, 0.3) is 0 Å². The largest absolute Gasteiger partial charge is 0.346 e. The molecule has 0 saturated heterocycles. The first-order valence-corrected chi connectivity index (χ1v) is 6.87. The van der Waals surface area contributed by atoms with E-state index in [1.807, 2.05) is 0 Å². The molecular formula is C12H12Cl2N4O. The number of hydrogen-bond donors (Lipinski definition) is 0. The molecule has 1 aliphatic rings. The Labute approximate surface area is 119 Å². The van der Waals surface area contributed by atoms with Crippen molar-refractivity contribution >= 4 is 23.2 Å². The second-order valence-corrected chi connectivity index (χ2v) is 5.36. The Hall–Kier alpha value is -1.33. The number of rotatable bonds is 2. The van der Waals surface area contributed by atoms with Crippen LogP contribution in [0, 0.1) is 0 Å². The standard InChI is InChI=1S/C12H12Cl2N4O/c13-9-5-10(14)15-6-8(9)7-18-12(19)17-4-2-1-3-11(17)16-18/h5-6H,1-4,7H2. The molecule has 1 aliphatic heterocycles. The topological polar surface area (TPSA) is 52.7 Å². The summed E-state index contributed by atoms with van der Waals surface area (Å²) in [6.45, 7) is 1.07. The van der Waals surface area contributed by atoms with E-state index in [1.54, 1.807) is 16.8 Å². The van der Waals surface area contributed by atoms with Gasteiger partial charge in [-0.1, -0.05) is 23.2 Å². The number of nitrogens with zero attached hydrogens (tertiary/aromatic N) is 4. The molecule has 0 amide bonds. The summed E-state index contributed by atoms with van der Waals surface area (Å²) in [7, 11) is 0. The van der Waals surface area contributed by atoms with E-state index in [0.717, 1.165) is 37.2 Å². The van der Waals surface area contributed by atoms with Gasteiger partial charge < -0.3 is 0 Å². The summed E-state index contributed by atoms with van der Waals surface area (Å²) >= 11 is 11.8. The van der Waals surface area contributed by atoms with Gasteiger partial charge in [0, 0.05) is 24.7 Å². The first kappa shape index (κ1) is 12.7. The first-order valence-electron chi connectivity index (χ1n) is 6.11. The van der Waals surface area contributed by atoms with E-state index in [2.05, 4.69) is 10.1 Å². The van der Waals surface area contributed by atoms with E-state index < -0.39 is 0 Å². The zero-order valence-corrected chi connectivity index (χ0v) is 11.7. The Morgan fingerprint density at radius 1 is 1.32 bits per heavy atom. The van der Waals surface area contributed by atoms with Crippen molar-refractivity contribution in [3.8, 4) is 0 Å². The lowest BCUT2D eigenvalue weighted by Gasteiger charge is -2.09. The Morgan fingerprint density at radius 2 is 2.16 bits per heavy atom. The SMILES string of the molecule is O=c1n(Cc2cnc(Cl)cc2Cl)nc2n1CCCC2. The van der Waals surface area contributed by atoms with E-state index in [-0.39, 0.29) is 5.69 Å². The number of fused-ring (bicyclic) bond motifs is 1. The van der Waals surface area contributed by atoms with Crippen LogP contribution in [-0.4, -0.2) is 19.3 Å². The summed E-state index contributed by atoms with van der Waals surface area (Å²) in [6, 6.07) is 1.57. The molecular weight excluding hydrogens is 287 g/mol. The van der Waals surface area contributed by atoms with Gasteiger partial charge in [0.2, 0.25) is 0 Å². The molecule has 0 saturated carbocycles. The zero-order chi connectivity index (χ0) is 13.4. The van der Waals surface area contributed by atoms with Gasteiger partial charge in [-0.3, -0.25) is 4.57 Å². The molecule has 2 aromatic rings. The number of hydrogen-bond acceptors (Lipinski definition) is 3. The Morgan fingerprint density at radius 3 is 2.89 bits per heavy atom. The zero-order valence-electron chi connectivity index (χ0n) is 10.1. The van der Waals surface area contributed by atoms with Crippen molar-refractivity contribution in [2.24, 2.45) is 0 Å². The van der Waals surface area contributed by atoms with E-state index >= 15 is 0 Å². The molecule has 0 spiro atoms. The number of aromatic nitrogens is 4. The molecule has 2 aromatic heterocycles. The van der Waals surface area contributed by atoms with Crippen molar-refractivity contribution in [1.29, 1.82) is 0 Å². The smallest absolute Gasteiger partial charge is 0.279 e. The average Bonchev–Trinajstić information content (AvgIpc) is 2.70. The number of pyridine rings is 1. The van der Waals surface area contributed by atoms with E-state index in [0.29, 0.717) is 16.7 Å². The van der Waals surface area contributed by atoms with Gasteiger partial charge >= 0.3 is 5.69 Å². The molecule has 0 atom stereocenters. The average molecular weight is 299 g/mol. The van der Waals surface area contributed by atoms with Gasteiger partial charge in [0.15, 0.2) is 0 Å². The van der Waals surface area contributed by atoms with Crippen molar-refractivity contribution in [2.75, 3.05) is 0 Å². The molecule has 0 N–H and O–H groups in total. The third-order valence-electron chi connectivity index (χ3n) is 3.25. The lowest BCUT2D eigenvalue weighted by molar-refractivity contribution is 0.511. The fourth-order valence-corrected chi connectivity index (χ4v) is 2.69. The maximum absolute atomic E-state index is 12.2. The van der Waals surface area contributed by atoms with Crippen LogP contribution in [0.3, 0.4) is 0 Å². The second-order valence-electron chi connectivity index (χ2n) is 4.56. The van der Waals surface area contributed by atoms with Crippen LogP contribution < -0.4 is 5.69 Å². The molecule has 0 fully saturated rings. The molecule has 3 rings (SSSR count). The molecule has 0 radical (unpaired) electrons. The predicted octanol–water partition coefficient (Wildman–Crippen LogP) is 2.13. The molecule has 0 unspecified atom stereocenters. The van der Waals surface area contributed by atoms with Gasteiger partial charge in [-0.25, -0.2) is 14.5 Å². The fraction of sp³-hybridized carbons (Fsp3) is 0.417. The van der Waals surface area contributed by atoms with Crippen LogP contribution >= 0.6 is 23.2 Å². The molecule has 0 aromatic carbocycles. The van der Waals surface area contributed by atoms with Crippen LogP contribution in [0.15, 0.2) is 17.1 Å². The Balaban J connectivity index is 1.95. The van der Waals surface area contributed by atoms with Crippen molar-refractivity contribution < 1.29 is 0 Å². The minimum absolute atomic E-state index is 0.0827. The van der Waals surface area contributed by atoms with Crippen molar-refractivity contribution in [1.82, 2.24) is 19.3 Å². The monoisotopic (exact) mass is 298 g/mol. The molecule has 100 valence electrons. The van der Waals surface area contributed by atoms with Crippen molar-refractivity contribution in [3.05, 3.63) is 44.3 Å². The normalized spacial score (nSPS) is 14.4. The first-order chi connectivity index (χ1) is 9.15. The predicted molar refractivity (Wildman–Crippen MR) is 72.8 cm³/mol. The van der Waals surface area contributed by atoms with Gasteiger partial charge in [-0.05, 0) is 18.9 Å². The molecule has 19 heavy (non-hydrogen) atoms. The minimum Gasteiger partial charge on any atom is -0.279 e. The fourth-order valence-electron chi connectivity index (χ4n) is 2.26. The van der Waals surface area contributed by atoms with Crippen molar-refractivity contribution in [2.45, 2.75) is 32.4 Å². The van der Waals surface area contributed by atoms with Crippen LogP contribution in [0.5, 0.6) is 0 Å². The summed E-state index contributed by atoms with van der Waals surface area (Å²) in [5, 5.41) is 5.19. The maximum Gasteiger partial charge on any atom is 0.346 e. The van der Waals surface area contributed by atoms with E-state index in [4.69, 9.17) is 23.2 Å². The van der Waals surface area contributed by atoms with Crippen molar-refractivity contribution in [3.63, 3.8) is 0 Å². The van der Waals surface area contributed by atoms with E-state index in [1.165, 1.54) is 4.68 Å². The molecule has 3 heterocycles. The molecule has 0 aliphatic carbocycles. The van der Waals surface area contributed by atoms with Gasteiger partial charge in [-0.2, -0.15) is 5.10 Å². The molecule has 0 bridgehead atoms. The molecule has 5 nitrogen and oxygen atoms in total. The highest BCUT2D eigenvalue weighted by atomic mass is 35.5. The summed E-state index contributed by atoms with van der Waals surface area (Å²) in [4.78, 5) is 16.1. The third kappa shape index (κ3) is 2.40. The Kier molecular flexibility index (Phi) is 3.33. The Bertz CT molecular complexity index is 677. The van der Waals surface area contributed by atoms with Crippen LogP contribution in [-0.2, 0) is 19.5 Å². The third-order valence-corrected chi connectivity index (χ3v) is 3.81. The van der Waals surface area contributed by atoms with Crippen LogP contribution in [0.2, 0.25) is 10.2 Å². The minimum atomic E-state index is -0.0827. The lowest BCUT2D eigenvalue weighted by Crippen LogP contribution is -2.27. The van der Waals surface area contributed by atoms with E-state index in [9.17, 15) is 4.79 Å². The number of halogens is 2. The van der Waals surface area contributed by atoms with Crippen LogP contribution in [0.4, 0.5) is 0 Å². The highest BCUT2D eigenvalue weighted by molar-refractivity contribution is 6.34. The summed E-state index contributed by atoms with van der Waals surface area (Å²) < 4.78 is 3.18. The lowest BCUT2D eigenvalue weighted by atomic mass is 10.2. The molecule has 7 heteroatoms. The summed E-state index contributed by atoms with van der Waals surface area (Å²) in [5.41, 5.74) is 0.657. The maximum atomic E-state index is 12.2. The second kappa shape index (κ2) is 4.98. The quantitative estimate of drug-likeness (QED) is 0.798. The highest BCUT2D eigenvalue weighted by Crippen LogP contribution is 2.19. The van der Waals surface area contributed by atoms with Gasteiger partial charge in [0.25, 0.3) is 0 Å². The van der Waals surface area contributed by atoms with Gasteiger partial charge in [0.05, 0.1) is 11.6 Å². The van der Waals surface area contributed by atoms with Gasteiger partial charge in [0.1, 0.15) is 11.0 Å². The number of aryl methyl sites for hydroxylation is 1. The summed E-state index contributed by atoms with van der Waals surface area (Å²) in [6.07, 6.45) is 4.55. The van der Waals surface area contributed by atoms with Crippen LogP contribution in [0.1, 0.15) is 24.2 Å². The highest BCUT2D eigenvalue weighted by Gasteiger charge is 2.17. The van der Waals surface area contributed by atoms with Gasteiger partial charge in [-0.15, -0.1) is 0 Å². The summed E-state index contributed by atoms with van der Waals surface area (Å²) in [5.74, 6) is 0.856.